The number of likely N-dealkylation sites (tertiary alicyclic amines) is 1. The Labute approximate surface area is 202 Å². The summed E-state index contributed by atoms with van der Waals surface area (Å²) in [6, 6.07) is 16.7. The van der Waals surface area contributed by atoms with Crippen LogP contribution < -0.4 is 11.1 Å². The quantitative estimate of drug-likeness (QED) is 0.342. The van der Waals surface area contributed by atoms with Gasteiger partial charge >= 0.3 is 0 Å². The van der Waals surface area contributed by atoms with Gasteiger partial charge in [-0.25, -0.2) is 9.97 Å². The maximum Gasteiger partial charge on any atom is 0.299 e. The van der Waals surface area contributed by atoms with E-state index in [0.717, 1.165) is 24.2 Å². The van der Waals surface area contributed by atoms with Gasteiger partial charge in [-0.2, -0.15) is 0 Å². The van der Waals surface area contributed by atoms with Gasteiger partial charge in [0.15, 0.2) is 0 Å². The molecule has 2 aromatic carbocycles. The molecule has 3 N–H and O–H groups in total. The van der Waals surface area contributed by atoms with Crippen molar-refractivity contribution < 1.29 is 9.59 Å². The Morgan fingerprint density at radius 1 is 1.09 bits per heavy atom. The fourth-order valence-corrected chi connectivity index (χ4v) is 4.47. The summed E-state index contributed by atoms with van der Waals surface area (Å²) in [5, 5.41) is 3.31. The van der Waals surface area contributed by atoms with E-state index in [4.69, 9.17) is 10.7 Å². The summed E-state index contributed by atoms with van der Waals surface area (Å²) in [7, 11) is 0. The number of nitrogens with zero attached hydrogens (tertiary/aromatic N) is 4. The predicted octanol–water partition coefficient (Wildman–Crippen LogP) is 3.97. The standard InChI is InChI=1S/C27H24N6O2/c1-2-7-22(34)32-16-6-10-21(32)27-31-23(24-26(28)29-15-17-33(24)27)25(35)18-11-13-20(14-12-18)30-19-8-4-3-5-9-19/h3-5,8-9,11-15,17,21,30H,6,10,16H2,1H3,(H2,28,29)/t21-/m0/s1. The minimum absolute atomic E-state index is 0.209. The number of hydrogen-bond donors (Lipinski definition) is 2. The lowest BCUT2D eigenvalue weighted by Gasteiger charge is -2.21. The van der Waals surface area contributed by atoms with E-state index in [1.807, 2.05) is 42.5 Å². The first-order chi connectivity index (χ1) is 17.1. The zero-order valence-corrected chi connectivity index (χ0v) is 19.2. The molecule has 0 aliphatic carbocycles. The third-order valence-corrected chi connectivity index (χ3v) is 6.08. The number of nitrogens with one attached hydrogen (secondary N) is 1. The maximum atomic E-state index is 13.5. The number of rotatable bonds is 5. The third-order valence-electron chi connectivity index (χ3n) is 6.08. The zero-order valence-electron chi connectivity index (χ0n) is 19.2. The largest absolute Gasteiger partial charge is 0.382 e. The first-order valence-electron chi connectivity index (χ1n) is 11.4. The first-order valence-corrected chi connectivity index (χ1v) is 11.4. The molecule has 35 heavy (non-hydrogen) atoms. The number of amides is 1. The Morgan fingerprint density at radius 2 is 1.83 bits per heavy atom. The number of aromatic nitrogens is 3. The second-order valence-electron chi connectivity index (χ2n) is 8.28. The number of imidazole rings is 1. The Balaban J connectivity index is 1.50. The number of benzene rings is 2. The fraction of sp³-hybridized carbons (Fsp3) is 0.185. The number of ketones is 1. The summed E-state index contributed by atoms with van der Waals surface area (Å²) < 4.78 is 1.77. The van der Waals surface area contributed by atoms with Gasteiger partial charge in [0.2, 0.25) is 5.78 Å². The zero-order chi connectivity index (χ0) is 24.4. The first kappa shape index (κ1) is 22.2. The Morgan fingerprint density at radius 3 is 2.57 bits per heavy atom. The minimum Gasteiger partial charge on any atom is -0.382 e. The van der Waals surface area contributed by atoms with E-state index < -0.39 is 0 Å². The van der Waals surface area contributed by atoms with Gasteiger partial charge in [-0.05, 0) is 62.1 Å². The van der Waals surface area contributed by atoms with Crippen LogP contribution in [0.3, 0.4) is 0 Å². The second kappa shape index (κ2) is 9.31. The maximum absolute atomic E-state index is 13.5. The van der Waals surface area contributed by atoms with Crippen molar-refractivity contribution in [3.05, 3.63) is 84.1 Å². The molecular formula is C27H24N6O2. The van der Waals surface area contributed by atoms with Gasteiger partial charge < -0.3 is 16.0 Å². The lowest BCUT2D eigenvalue weighted by molar-refractivity contribution is -0.126. The fourth-order valence-electron chi connectivity index (χ4n) is 4.47. The minimum atomic E-state index is -0.295. The van der Waals surface area contributed by atoms with Crippen LogP contribution in [-0.2, 0) is 4.79 Å². The van der Waals surface area contributed by atoms with Gasteiger partial charge in [0.05, 0.1) is 6.04 Å². The topological polar surface area (TPSA) is 106 Å². The van der Waals surface area contributed by atoms with Crippen LogP contribution in [0.2, 0.25) is 0 Å². The molecule has 8 nitrogen and oxygen atoms in total. The van der Waals surface area contributed by atoms with Crippen LogP contribution in [0.1, 0.15) is 47.7 Å². The molecular weight excluding hydrogens is 440 g/mol. The number of nitrogen functional groups attached to an aromatic ring is 1. The number of hydrogen-bond acceptors (Lipinski definition) is 6. The molecule has 0 spiro atoms. The molecule has 4 aromatic rings. The van der Waals surface area contributed by atoms with Crippen molar-refractivity contribution in [1.82, 2.24) is 19.3 Å². The van der Waals surface area contributed by atoms with Crippen molar-refractivity contribution >= 4 is 34.4 Å². The van der Waals surface area contributed by atoms with E-state index >= 15 is 0 Å². The predicted molar refractivity (Wildman–Crippen MR) is 134 cm³/mol. The second-order valence-corrected chi connectivity index (χ2v) is 8.28. The molecule has 1 aliphatic heterocycles. The highest BCUT2D eigenvalue weighted by Crippen LogP contribution is 2.34. The van der Waals surface area contributed by atoms with Crippen LogP contribution in [0.4, 0.5) is 17.2 Å². The monoisotopic (exact) mass is 464 g/mol. The molecule has 0 unspecified atom stereocenters. The van der Waals surface area contributed by atoms with Gasteiger partial charge in [0, 0.05) is 35.9 Å². The van der Waals surface area contributed by atoms with Crippen LogP contribution in [0.5, 0.6) is 0 Å². The summed E-state index contributed by atoms with van der Waals surface area (Å²) in [6.07, 6.45) is 4.85. The van der Waals surface area contributed by atoms with Gasteiger partial charge in [0.1, 0.15) is 22.9 Å². The van der Waals surface area contributed by atoms with Crippen molar-refractivity contribution in [2.45, 2.75) is 25.8 Å². The molecule has 1 saturated heterocycles. The summed E-state index contributed by atoms with van der Waals surface area (Å²) in [5.41, 5.74) is 9.16. The van der Waals surface area contributed by atoms with E-state index in [-0.39, 0.29) is 29.2 Å². The Bertz CT molecular complexity index is 1460. The van der Waals surface area contributed by atoms with Gasteiger partial charge in [0.25, 0.3) is 5.91 Å². The molecule has 174 valence electrons. The summed E-state index contributed by atoms with van der Waals surface area (Å²) in [5.74, 6) is 5.57. The van der Waals surface area contributed by atoms with Gasteiger partial charge in [-0.1, -0.05) is 24.1 Å². The SMILES string of the molecule is CC#CC(=O)N1CCC[C@H]1c1nc(C(=O)c2ccc(Nc3ccccc3)cc2)c2c(N)nccn12. The molecule has 0 saturated carbocycles. The molecule has 5 rings (SSSR count). The van der Waals surface area contributed by atoms with Crippen LogP contribution >= 0.6 is 0 Å². The van der Waals surface area contributed by atoms with E-state index in [1.54, 1.807) is 40.8 Å². The lowest BCUT2D eigenvalue weighted by atomic mass is 10.1. The third kappa shape index (κ3) is 4.20. The number of nitrogens with two attached hydrogens (primary N) is 1. The summed E-state index contributed by atoms with van der Waals surface area (Å²) in [6.45, 7) is 2.23. The molecule has 3 heterocycles. The van der Waals surface area contributed by atoms with Crippen LogP contribution in [0, 0.1) is 11.8 Å². The van der Waals surface area contributed by atoms with E-state index in [9.17, 15) is 9.59 Å². The molecule has 2 aromatic heterocycles. The lowest BCUT2D eigenvalue weighted by Crippen LogP contribution is -2.30. The molecule has 1 amide bonds. The number of fused-ring (bicyclic) bond motifs is 1. The Hall–Kier alpha value is -4.64. The summed E-state index contributed by atoms with van der Waals surface area (Å²) in [4.78, 5) is 36.7. The highest BCUT2D eigenvalue weighted by Gasteiger charge is 2.34. The number of carbonyl (C=O) groups excluding carboxylic acids is 2. The van der Waals surface area contributed by atoms with Crippen molar-refractivity contribution in [3.8, 4) is 11.8 Å². The molecule has 1 atom stereocenters. The highest BCUT2D eigenvalue weighted by atomic mass is 16.2. The van der Waals surface area contributed by atoms with Gasteiger partial charge in [-0.15, -0.1) is 0 Å². The van der Waals surface area contributed by atoms with Gasteiger partial charge in [-0.3, -0.25) is 14.0 Å². The van der Waals surface area contributed by atoms with Crippen LogP contribution in [0.25, 0.3) is 5.52 Å². The van der Waals surface area contributed by atoms with Crippen LogP contribution in [0.15, 0.2) is 67.0 Å². The molecule has 8 heteroatoms. The molecule has 1 fully saturated rings. The molecule has 0 radical (unpaired) electrons. The average Bonchev–Trinajstić information content (AvgIpc) is 3.51. The molecule has 1 aliphatic rings. The normalized spacial score (nSPS) is 15.0. The Kier molecular flexibility index (Phi) is 5.90. The van der Waals surface area contributed by atoms with Crippen molar-refractivity contribution in [2.75, 3.05) is 17.6 Å². The molecule has 0 bridgehead atoms. The average molecular weight is 465 g/mol. The number of anilines is 3. The van der Waals surface area contributed by atoms with Crippen molar-refractivity contribution in [1.29, 1.82) is 0 Å². The van der Waals surface area contributed by atoms with Crippen LogP contribution in [-0.4, -0.2) is 37.5 Å². The summed E-state index contributed by atoms with van der Waals surface area (Å²) >= 11 is 0. The van der Waals surface area contributed by atoms with E-state index in [1.165, 1.54) is 0 Å². The smallest absolute Gasteiger partial charge is 0.299 e. The highest BCUT2D eigenvalue weighted by molar-refractivity contribution is 6.13. The van der Waals surface area contributed by atoms with E-state index in [0.29, 0.717) is 23.4 Å². The number of para-hydroxylation sites is 1. The van der Waals surface area contributed by atoms with Crippen molar-refractivity contribution in [2.24, 2.45) is 0 Å². The van der Waals surface area contributed by atoms with Crippen molar-refractivity contribution in [3.63, 3.8) is 0 Å². The number of carbonyl (C=O) groups is 2. The van der Waals surface area contributed by atoms with E-state index in [2.05, 4.69) is 22.1 Å².